The number of aromatic nitrogens is 3. The van der Waals surface area contributed by atoms with Crippen molar-refractivity contribution in [1.29, 1.82) is 0 Å². The lowest BCUT2D eigenvalue weighted by Gasteiger charge is -2.23. The van der Waals surface area contributed by atoms with Crippen molar-refractivity contribution in [2.75, 3.05) is 0 Å². The van der Waals surface area contributed by atoms with E-state index < -0.39 is 0 Å². The van der Waals surface area contributed by atoms with E-state index in [1.807, 2.05) is 59.3 Å². The molecule has 146 valence electrons. The van der Waals surface area contributed by atoms with E-state index in [-0.39, 0.29) is 11.9 Å². The maximum atomic E-state index is 13.6. The van der Waals surface area contributed by atoms with E-state index in [9.17, 15) is 4.39 Å². The average Bonchev–Trinajstić information content (AvgIpc) is 3.29. The summed E-state index contributed by atoms with van der Waals surface area (Å²) in [6.45, 7) is 0. The van der Waals surface area contributed by atoms with Crippen LogP contribution < -0.4 is 0 Å². The van der Waals surface area contributed by atoms with Gasteiger partial charge in [0.2, 0.25) is 0 Å². The van der Waals surface area contributed by atoms with Crippen LogP contribution in [-0.2, 0) is 0 Å². The monoisotopic (exact) mass is 413 g/mol. The average molecular weight is 414 g/mol. The van der Waals surface area contributed by atoms with Crippen molar-refractivity contribution in [3.05, 3.63) is 120 Å². The molecule has 0 amide bonds. The minimum atomic E-state index is -0.273. The number of hydrogen-bond acceptors (Lipinski definition) is 2. The second-order valence-corrected chi connectivity index (χ2v) is 7.46. The zero-order valence-electron chi connectivity index (χ0n) is 15.9. The van der Waals surface area contributed by atoms with Crippen LogP contribution in [-0.4, -0.2) is 14.5 Å². The first-order chi connectivity index (χ1) is 14.7. The number of imidazole rings is 1. The van der Waals surface area contributed by atoms with Crippen molar-refractivity contribution in [2.24, 2.45) is 0 Å². The van der Waals surface area contributed by atoms with Crippen LogP contribution in [0.2, 0.25) is 5.02 Å². The molecule has 5 rings (SSSR count). The highest BCUT2D eigenvalue weighted by Gasteiger charge is 2.22. The molecule has 0 fully saturated rings. The van der Waals surface area contributed by atoms with Crippen LogP contribution in [0.3, 0.4) is 0 Å². The molecule has 1 atom stereocenters. The predicted molar refractivity (Wildman–Crippen MR) is 118 cm³/mol. The van der Waals surface area contributed by atoms with Gasteiger partial charge in [0.15, 0.2) is 0 Å². The van der Waals surface area contributed by atoms with Crippen molar-refractivity contribution in [3.8, 4) is 11.3 Å². The van der Waals surface area contributed by atoms with E-state index in [1.54, 1.807) is 24.7 Å². The van der Waals surface area contributed by atoms with Crippen LogP contribution in [0.5, 0.6) is 0 Å². The molecule has 0 saturated heterocycles. The van der Waals surface area contributed by atoms with Crippen molar-refractivity contribution >= 4 is 22.5 Å². The molecule has 1 unspecified atom stereocenters. The molecule has 2 heterocycles. The molecule has 2 aromatic heterocycles. The summed E-state index contributed by atoms with van der Waals surface area (Å²) in [7, 11) is 0. The summed E-state index contributed by atoms with van der Waals surface area (Å²) in [6.07, 6.45) is 5.38. The highest BCUT2D eigenvalue weighted by molar-refractivity contribution is 6.33. The van der Waals surface area contributed by atoms with Gasteiger partial charge in [0.25, 0.3) is 0 Å². The largest absolute Gasteiger partial charge is 0.326 e. The lowest BCUT2D eigenvalue weighted by atomic mass is 9.92. The Bertz CT molecular complexity index is 1310. The molecule has 0 saturated carbocycles. The zero-order valence-corrected chi connectivity index (χ0v) is 16.7. The number of pyridine rings is 1. The number of nitrogens with zero attached hydrogens (tertiary/aromatic N) is 3. The number of benzene rings is 3. The third kappa shape index (κ3) is 3.36. The van der Waals surface area contributed by atoms with Gasteiger partial charge in [-0.25, -0.2) is 14.4 Å². The molecule has 5 heteroatoms. The molecule has 30 heavy (non-hydrogen) atoms. The summed E-state index contributed by atoms with van der Waals surface area (Å²) in [4.78, 5) is 9.09. The first-order valence-electron chi connectivity index (χ1n) is 9.58. The van der Waals surface area contributed by atoms with Gasteiger partial charge in [0.05, 0.1) is 28.6 Å². The predicted octanol–water partition coefficient (Wildman–Crippen LogP) is 6.53. The summed E-state index contributed by atoms with van der Waals surface area (Å²) in [5.74, 6) is -0.273. The molecule has 0 N–H and O–H groups in total. The van der Waals surface area contributed by atoms with Gasteiger partial charge in [-0.1, -0.05) is 60.1 Å². The molecule has 0 bridgehead atoms. The maximum Gasteiger partial charge on any atom is 0.123 e. The molecule has 0 aliphatic carbocycles. The lowest BCUT2D eigenvalue weighted by Crippen LogP contribution is -2.12. The van der Waals surface area contributed by atoms with Crippen LogP contribution in [0, 0.1) is 5.82 Å². The normalized spacial score (nSPS) is 12.2. The zero-order chi connectivity index (χ0) is 20.5. The maximum absolute atomic E-state index is 13.6. The van der Waals surface area contributed by atoms with Gasteiger partial charge in [-0.05, 0) is 41.5 Å². The van der Waals surface area contributed by atoms with Crippen LogP contribution in [0.15, 0.2) is 97.6 Å². The smallest absolute Gasteiger partial charge is 0.123 e. The third-order valence-electron chi connectivity index (χ3n) is 5.20. The van der Waals surface area contributed by atoms with Crippen molar-refractivity contribution < 1.29 is 4.39 Å². The summed E-state index contributed by atoms with van der Waals surface area (Å²) in [5, 5.41) is 1.68. The number of rotatable bonds is 4. The fourth-order valence-corrected chi connectivity index (χ4v) is 4.10. The fourth-order valence-electron chi connectivity index (χ4n) is 3.82. The number of para-hydroxylation sites is 1. The summed E-state index contributed by atoms with van der Waals surface area (Å²) < 4.78 is 15.6. The van der Waals surface area contributed by atoms with Crippen LogP contribution >= 0.6 is 11.6 Å². The lowest BCUT2D eigenvalue weighted by molar-refractivity contribution is 0.622. The van der Waals surface area contributed by atoms with Gasteiger partial charge in [-0.2, -0.15) is 0 Å². The van der Waals surface area contributed by atoms with Crippen LogP contribution in [0.1, 0.15) is 17.2 Å². The van der Waals surface area contributed by atoms with Gasteiger partial charge < -0.3 is 4.57 Å². The molecule has 0 radical (unpaired) electrons. The Labute approximate surface area is 178 Å². The minimum absolute atomic E-state index is 0.227. The molecular weight excluding hydrogens is 397 g/mol. The van der Waals surface area contributed by atoms with Crippen molar-refractivity contribution in [2.45, 2.75) is 6.04 Å². The SMILES string of the molecule is Fc1ccc(C(c2cccc(Cl)c2-c2ccc3ccccc3n2)n2ccnc2)cc1. The van der Waals surface area contributed by atoms with Crippen LogP contribution in [0.25, 0.3) is 22.2 Å². The van der Waals surface area contributed by atoms with Gasteiger partial charge in [0, 0.05) is 23.3 Å². The Morgan fingerprint density at radius 2 is 1.70 bits per heavy atom. The Hall–Kier alpha value is -3.50. The second kappa shape index (κ2) is 7.73. The second-order valence-electron chi connectivity index (χ2n) is 7.06. The van der Waals surface area contributed by atoms with E-state index >= 15 is 0 Å². The topological polar surface area (TPSA) is 30.7 Å². The van der Waals surface area contributed by atoms with E-state index in [1.165, 1.54) is 12.1 Å². The van der Waals surface area contributed by atoms with Crippen LogP contribution in [0.4, 0.5) is 4.39 Å². The number of halogens is 2. The fraction of sp³-hybridized carbons (Fsp3) is 0.0400. The number of fused-ring (bicyclic) bond motifs is 1. The van der Waals surface area contributed by atoms with Gasteiger partial charge in [-0.15, -0.1) is 0 Å². The first-order valence-corrected chi connectivity index (χ1v) is 9.96. The quantitative estimate of drug-likeness (QED) is 0.335. The van der Waals surface area contributed by atoms with Gasteiger partial charge >= 0.3 is 0 Å². The van der Waals surface area contributed by atoms with Gasteiger partial charge in [-0.3, -0.25) is 0 Å². The standard InChI is InChI=1S/C25H17ClFN3/c26-21-6-3-5-20(24(21)23-13-10-17-4-1-2-7-22(17)29-23)25(30-15-14-28-16-30)18-8-11-19(27)12-9-18/h1-16,25H. The van der Waals surface area contributed by atoms with Crippen molar-refractivity contribution in [1.82, 2.24) is 14.5 Å². The molecule has 0 spiro atoms. The molecule has 5 aromatic rings. The Balaban J connectivity index is 1.74. The van der Waals surface area contributed by atoms with E-state index in [4.69, 9.17) is 16.6 Å². The molecule has 3 aromatic carbocycles. The highest BCUT2D eigenvalue weighted by Crippen LogP contribution is 2.38. The van der Waals surface area contributed by atoms with Crippen molar-refractivity contribution in [3.63, 3.8) is 0 Å². The molecular formula is C25H17ClFN3. The van der Waals surface area contributed by atoms with E-state index in [0.29, 0.717) is 5.02 Å². The van der Waals surface area contributed by atoms with E-state index in [0.717, 1.165) is 33.3 Å². The molecule has 0 aliphatic rings. The highest BCUT2D eigenvalue weighted by atomic mass is 35.5. The summed E-state index contributed by atoms with van der Waals surface area (Å²) in [5.41, 5.74) is 4.45. The third-order valence-corrected chi connectivity index (χ3v) is 5.52. The van der Waals surface area contributed by atoms with E-state index in [2.05, 4.69) is 11.1 Å². The summed E-state index contributed by atoms with van der Waals surface area (Å²) in [6, 6.07) is 24.1. The number of hydrogen-bond donors (Lipinski definition) is 0. The molecule has 3 nitrogen and oxygen atoms in total. The molecule has 0 aliphatic heterocycles. The minimum Gasteiger partial charge on any atom is -0.326 e. The first kappa shape index (κ1) is 18.5. The Morgan fingerprint density at radius 3 is 2.50 bits per heavy atom. The Kier molecular flexibility index (Phi) is 4.77. The van der Waals surface area contributed by atoms with Gasteiger partial charge in [0.1, 0.15) is 5.82 Å². The summed E-state index contributed by atoms with van der Waals surface area (Å²) >= 11 is 6.71. The Morgan fingerprint density at radius 1 is 0.867 bits per heavy atom.